The number of carbonyl (C=O) groups excluding carboxylic acids is 1. The molecule has 4 rings (SSSR count). The normalized spacial score (nSPS) is 23.5. The Hall–Kier alpha value is -2.37. The van der Waals surface area contributed by atoms with Crippen molar-refractivity contribution in [2.45, 2.75) is 76.7 Å². The Morgan fingerprint density at radius 3 is 2.39 bits per heavy atom. The zero-order chi connectivity index (χ0) is 23.6. The van der Waals surface area contributed by atoms with Crippen molar-refractivity contribution >= 4 is 11.6 Å². The number of phenols is 1. The number of anilines is 1. The molecule has 1 saturated carbocycles. The molecule has 3 N–H and O–H groups in total. The number of nitrogens with one attached hydrogen (secondary N) is 2. The molecule has 5 nitrogen and oxygen atoms in total. The minimum Gasteiger partial charge on any atom is -0.508 e. The number of nitrogens with zero attached hydrogens (tertiary/aromatic N) is 1. The van der Waals surface area contributed by atoms with Crippen LogP contribution in [-0.2, 0) is 4.79 Å². The number of aromatic hydroxyl groups is 1. The topological polar surface area (TPSA) is 64.6 Å². The van der Waals surface area contributed by atoms with Crippen molar-refractivity contribution in [1.82, 2.24) is 10.2 Å². The van der Waals surface area contributed by atoms with Gasteiger partial charge in [0.05, 0.1) is 6.54 Å². The summed E-state index contributed by atoms with van der Waals surface area (Å²) in [5.41, 5.74) is 4.66. The molecule has 178 valence electrons. The monoisotopic (exact) mass is 449 g/mol. The fraction of sp³-hybridized carbons (Fsp3) is 0.536. The van der Waals surface area contributed by atoms with Gasteiger partial charge in [-0.15, -0.1) is 0 Å². The lowest BCUT2D eigenvalue weighted by Gasteiger charge is -2.42. The first-order valence-electron chi connectivity index (χ1n) is 12.5. The molecule has 0 bridgehead atoms. The Balaban J connectivity index is 1.47. The van der Waals surface area contributed by atoms with Gasteiger partial charge in [0.2, 0.25) is 5.91 Å². The first-order valence-corrected chi connectivity index (χ1v) is 12.5. The van der Waals surface area contributed by atoms with Gasteiger partial charge in [0, 0.05) is 30.4 Å². The number of amides is 1. The summed E-state index contributed by atoms with van der Waals surface area (Å²) in [6.07, 6.45) is 4.68. The first-order chi connectivity index (χ1) is 15.8. The van der Waals surface area contributed by atoms with E-state index in [9.17, 15) is 9.90 Å². The summed E-state index contributed by atoms with van der Waals surface area (Å²) in [7, 11) is 0. The van der Waals surface area contributed by atoms with Crippen molar-refractivity contribution in [3.8, 4) is 5.75 Å². The molecule has 1 aliphatic heterocycles. The van der Waals surface area contributed by atoms with Crippen molar-refractivity contribution < 1.29 is 9.90 Å². The molecule has 1 saturated heterocycles. The number of hydrogen-bond acceptors (Lipinski definition) is 4. The second-order valence-electron chi connectivity index (χ2n) is 10.5. The maximum atomic E-state index is 13.2. The van der Waals surface area contributed by atoms with Gasteiger partial charge >= 0.3 is 0 Å². The van der Waals surface area contributed by atoms with Crippen LogP contribution < -0.4 is 10.6 Å². The highest BCUT2D eigenvalue weighted by Crippen LogP contribution is 2.43. The number of carbonyl (C=O) groups is 1. The molecule has 2 aromatic carbocycles. The summed E-state index contributed by atoms with van der Waals surface area (Å²) in [4.78, 5) is 15.4. The van der Waals surface area contributed by atoms with E-state index >= 15 is 0 Å². The zero-order valence-corrected chi connectivity index (χ0v) is 20.5. The van der Waals surface area contributed by atoms with Crippen LogP contribution in [0, 0.1) is 0 Å². The largest absolute Gasteiger partial charge is 0.508 e. The Morgan fingerprint density at radius 2 is 1.76 bits per heavy atom. The number of rotatable bonds is 6. The third kappa shape index (κ3) is 5.10. The molecular weight excluding hydrogens is 410 g/mol. The van der Waals surface area contributed by atoms with Gasteiger partial charge in [-0.05, 0) is 53.5 Å². The Labute approximate surface area is 198 Å². The van der Waals surface area contributed by atoms with Gasteiger partial charge < -0.3 is 10.4 Å². The van der Waals surface area contributed by atoms with Crippen LogP contribution in [-0.4, -0.2) is 41.2 Å². The molecule has 1 amide bonds. The molecule has 1 spiro atoms. The third-order valence-corrected chi connectivity index (χ3v) is 7.49. The van der Waals surface area contributed by atoms with Crippen molar-refractivity contribution in [1.29, 1.82) is 0 Å². The van der Waals surface area contributed by atoms with Crippen LogP contribution in [0.3, 0.4) is 0 Å². The molecule has 0 aromatic heterocycles. The van der Waals surface area contributed by atoms with Crippen LogP contribution in [0.5, 0.6) is 5.75 Å². The van der Waals surface area contributed by atoms with Crippen molar-refractivity contribution in [3.05, 3.63) is 59.2 Å². The van der Waals surface area contributed by atoms with E-state index < -0.39 is 0 Å². The number of phenolic OH excluding ortho intramolecular Hbond substituents is 1. The Bertz CT molecular complexity index is 943. The van der Waals surface area contributed by atoms with Crippen LogP contribution in [0.4, 0.5) is 5.69 Å². The van der Waals surface area contributed by atoms with E-state index in [0.29, 0.717) is 30.0 Å². The number of hydrogen-bond donors (Lipinski definition) is 3. The highest BCUT2D eigenvalue weighted by Gasteiger charge is 2.46. The van der Waals surface area contributed by atoms with Gasteiger partial charge in [0.25, 0.3) is 0 Å². The molecule has 2 fully saturated rings. The molecule has 0 radical (unpaired) electrons. The van der Waals surface area contributed by atoms with Crippen LogP contribution in [0.1, 0.15) is 87.8 Å². The highest BCUT2D eigenvalue weighted by atomic mass is 16.3. The van der Waals surface area contributed by atoms with E-state index in [2.05, 4.69) is 73.6 Å². The van der Waals surface area contributed by atoms with Crippen molar-refractivity contribution in [2.24, 2.45) is 0 Å². The van der Waals surface area contributed by atoms with Gasteiger partial charge in [-0.3, -0.25) is 15.0 Å². The average molecular weight is 450 g/mol. The fourth-order valence-electron chi connectivity index (χ4n) is 5.80. The predicted octanol–water partition coefficient (Wildman–Crippen LogP) is 5.54. The zero-order valence-electron chi connectivity index (χ0n) is 20.5. The molecule has 2 atom stereocenters. The van der Waals surface area contributed by atoms with Gasteiger partial charge in [-0.2, -0.15) is 0 Å². The van der Waals surface area contributed by atoms with Crippen LogP contribution in [0.15, 0.2) is 42.5 Å². The Kier molecular flexibility index (Phi) is 7.10. The standard InChI is InChI=1S/C28H39N3O2/c1-19(2)23-8-7-9-24(20(3)4)27(23)30-26(33)16-31-17-28(29-18-31)15-6-5-10-25(28)21-11-13-22(32)14-12-21/h7-9,11-14,19-20,25,29,32H,5-6,10,15-18H2,1-4H3,(H,30,33). The molecule has 1 heterocycles. The molecule has 2 aromatic rings. The van der Waals surface area contributed by atoms with E-state index in [0.717, 1.165) is 31.7 Å². The molecule has 2 aliphatic rings. The minimum absolute atomic E-state index is 0.00552. The van der Waals surface area contributed by atoms with Crippen LogP contribution >= 0.6 is 0 Å². The maximum Gasteiger partial charge on any atom is 0.238 e. The van der Waals surface area contributed by atoms with Crippen LogP contribution in [0.2, 0.25) is 0 Å². The van der Waals surface area contributed by atoms with E-state index in [1.54, 1.807) is 12.1 Å². The lowest BCUT2D eigenvalue weighted by Crippen LogP contribution is -2.50. The minimum atomic E-state index is -0.00552. The van der Waals surface area contributed by atoms with Crippen LogP contribution in [0.25, 0.3) is 0 Å². The van der Waals surface area contributed by atoms with Gasteiger partial charge in [0.15, 0.2) is 0 Å². The lowest BCUT2D eigenvalue weighted by atomic mass is 9.70. The molecule has 5 heteroatoms. The predicted molar refractivity (Wildman–Crippen MR) is 135 cm³/mol. The van der Waals surface area contributed by atoms with Gasteiger partial charge in [-0.1, -0.05) is 70.9 Å². The van der Waals surface area contributed by atoms with Gasteiger partial charge in [0.1, 0.15) is 5.75 Å². The van der Waals surface area contributed by atoms with E-state index in [-0.39, 0.29) is 11.4 Å². The summed E-state index contributed by atoms with van der Waals surface area (Å²) in [6.45, 7) is 10.7. The second kappa shape index (κ2) is 9.86. The van der Waals surface area contributed by atoms with E-state index in [1.807, 2.05) is 0 Å². The second-order valence-corrected chi connectivity index (χ2v) is 10.5. The third-order valence-electron chi connectivity index (χ3n) is 7.49. The Morgan fingerprint density at radius 1 is 1.09 bits per heavy atom. The van der Waals surface area contributed by atoms with E-state index in [1.165, 1.54) is 29.5 Å². The van der Waals surface area contributed by atoms with Gasteiger partial charge in [-0.25, -0.2) is 0 Å². The number of para-hydroxylation sites is 1. The summed E-state index contributed by atoms with van der Waals surface area (Å²) < 4.78 is 0. The van der Waals surface area contributed by atoms with Crippen molar-refractivity contribution in [3.63, 3.8) is 0 Å². The lowest BCUT2D eigenvalue weighted by molar-refractivity contribution is -0.117. The smallest absolute Gasteiger partial charge is 0.238 e. The van der Waals surface area contributed by atoms with Crippen molar-refractivity contribution in [2.75, 3.05) is 25.1 Å². The SMILES string of the molecule is CC(C)c1cccc(C(C)C)c1NC(=O)CN1CNC2(CCCCC2c2ccc(O)cc2)C1. The molecular formula is C28H39N3O2. The molecule has 1 aliphatic carbocycles. The highest BCUT2D eigenvalue weighted by molar-refractivity contribution is 5.94. The summed E-state index contributed by atoms with van der Waals surface area (Å²) in [5.74, 6) is 1.46. The molecule has 33 heavy (non-hydrogen) atoms. The average Bonchev–Trinajstić information content (AvgIpc) is 3.16. The fourth-order valence-corrected chi connectivity index (χ4v) is 5.80. The number of benzene rings is 2. The van der Waals surface area contributed by atoms with E-state index in [4.69, 9.17) is 0 Å². The quantitative estimate of drug-likeness (QED) is 0.542. The maximum absolute atomic E-state index is 13.2. The molecule has 2 unspecified atom stereocenters. The first kappa shape index (κ1) is 23.8. The summed E-state index contributed by atoms with van der Waals surface area (Å²) in [6, 6.07) is 14.0. The summed E-state index contributed by atoms with van der Waals surface area (Å²) >= 11 is 0. The summed E-state index contributed by atoms with van der Waals surface area (Å²) in [5, 5.41) is 16.8.